The Kier molecular flexibility index (Phi) is 7.07. The fraction of sp³-hybridized carbons (Fsp3) is 0.0769. The van der Waals surface area contributed by atoms with Gasteiger partial charge in [0.1, 0.15) is 0 Å². The Morgan fingerprint density at radius 1 is 0.750 bits per heavy atom. The molecule has 0 aliphatic rings. The van der Waals surface area contributed by atoms with Crippen molar-refractivity contribution in [2.24, 2.45) is 0 Å². The van der Waals surface area contributed by atoms with E-state index >= 15 is 0 Å². The maximum Gasteiger partial charge on any atom is 0.257 e. The van der Waals surface area contributed by atoms with Crippen LogP contribution in [0, 0.1) is 0 Å². The van der Waals surface area contributed by atoms with Gasteiger partial charge < -0.3 is 10.6 Å². The summed E-state index contributed by atoms with van der Waals surface area (Å²) in [5.74, 6) is -0.497. The van der Waals surface area contributed by atoms with Gasteiger partial charge in [0.25, 0.3) is 5.91 Å². The minimum absolute atomic E-state index is 0.0847. The Morgan fingerprint density at radius 2 is 1.44 bits per heavy atom. The van der Waals surface area contributed by atoms with E-state index in [-0.39, 0.29) is 24.4 Å². The van der Waals surface area contributed by atoms with Crippen LogP contribution in [-0.2, 0) is 4.79 Å². The molecule has 0 spiro atoms. The first kappa shape index (κ1) is 21.5. The molecule has 0 aliphatic heterocycles. The van der Waals surface area contributed by atoms with Crippen LogP contribution in [0.5, 0.6) is 0 Å². The smallest absolute Gasteiger partial charge is 0.257 e. The molecule has 3 N–H and O–H groups in total. The second-order valence-electron chi connectivity index (χ2n) is 7.15. The van der Waals surface area contributed by atoms with Crippen molar-refractivity contribution in [3.8, 4) is 0 Å². The second kappa shape index (κ2) is 10.5. The zero-order chi connectivity index (χ0) is 22.2. The number of thiophene rings is 1. The molecule has 6 heteroatoms. The SMILES string of the molecule is O=C(CN[C@H](c1ccccc1)c1cccs1)Nc1ccccc1C(=O)Nc1ccccc1. The normalized spacial score (nSPS) is 11.5. The van der Waals surface area contributed by atoms with Crippen LogP contribution in [0.1, 0.15) is 26.8 Å². The average molecular weight is 442 g/mol. The molecular weight excluding hydrogens is 418 g/mol. The summed E-state index contributed by atoms with van der Waals surface area (Å²) in [7, 11) is 0. The molecule has 0 saturated heterocycles. The molecule has 4 rings (SSSR count). The molecule has 0 aliphatic carbocycles. The minimum atomic E-state index is -0.277. The van der Waals surface area contributed by atoms with E-state index in [1.54, 1.807) is 35.6 Å². The monoisotopic (exact) mass is 441 g/mol. The predicted octanol–water partition coefficient (Wildman–Crippen LogP) is 5.32. The number of amides is 2. The standard InChI is InChI=1S/C26H23N3O2S/c30-24(18-27-25(23-16-9-17-32-23)19-10-3-1-4-11-19)29-22-15-8-7-14-21(22)26(31)28-20-12-5-2-6-13-20/h1-17,25,27H,18H2,(H,28,31)(H,29,30)/t25-/m1/s1. The van der Waals surface area contributed by atoms with Gasteiger partial charge in [0.2, 0.25) is 5.91 Å². The summed E-state index contributed by atoms with van der Waals surface area (Å²) < 4.78 is 0. The maximum absolute atomic E-state index is 12.7. The van der Waals surface area contributed by atoms with Gasteiger partial charge in [-0.3, -0.25) is 14.9 Å². The molecule has 32 heavy (non-hydrogen) atoms. The molecule has 1 aromatic heterocycles. The average Bonchev–Trinajstić information content (AvgIpc) is 3.35. The Hall–Kier alpha value is -3.74. The lowest BCUT2D eigenvalue weighted by molar-refractivity contribution is -0.115. The van der Waals surface area contributed by atoms with Gasteiger partial charge in [-0.05, 0) is 41.3 Å². The number of carbonyl (C=O) groups is 2. The minimum Gasteiger partial charge on any atom is -0.324 e. The van der Waals surface area contributed by atoms with Crippen LogP contribution < -0.4 is 16.0 Å². The molecule has 0 fully saturated rings. The van der Waals surface area contributed by atoms with Crippen molar-refractivity contribution in [1.29, 1.82) is 0 Å². The molecule has 0 unspecified atom stereocenters. The quantitative estimate of drug-likeness (QED) is 0.347. The Labute approximate surface area is 191 Å². The molecule has 2 amide bonds. The third-order valence-electron chi connectivity index (χ3n) is 4.90. The fourth-order valence-electron chi connectivity index (χ4n) is 3.38. The largest absolute Gasteiger partial charge is 0.324 e. The Bertz CT molecular complexity index is 1160. The number of para-hydroxylation sites is 2. The van der Waals surface area contributed by atoms with Gasteiger partial charge in [0.05, 0.1) is 23.8 Å². The molecule has 1 atom stereocenters. The zero-order valence-corrected chi connectivity index (χ0v) is 18.1. The lowest BCUT2D eigenvalue weighted by atomic mass is 10.1. The summed E-state index contributed by atoms with van der Waals surface area (Å²) in [5.41, 5.74) is 2.66. The highest BCUT2D eigenvalue weighted by Crippen LogP contribution is 2.26. The number of rotatable bonds is 8. The van der Waals surface area contributed by atoms with Crippen molar-refractivity contribution in [2.45, 2.75) is 6.04 Å². The molecule has 0 saturated carbocycles. The summed E-state index contributed by atoms with van der Waals surface area (Å²) >= 11 is 1.64. The van der Waals surface area contributed by atoms with Crippen LogP contribution in [0.25, 0.3) is 0 Å². The zero-order valence-electron chi connectivity index (χ0n) is 17.3. The molecule has 0 radical (unpaired) electrons. The van der Waals surface area contributed by atoms with Crippen molar-refractivity contribution < 1.29 is 9.59 Å². The van der Waals surface area contributed by atoms with Crippen LogP contribution in [0.2, 0.25) is 0 Å². The van der Waals surface area contributed by atoms with E-state index in [9.17, 15) is 9.59 Å². The summed E-state index contributed by atoms with van der Waals surface area (Å²) in [5, 5.41) is 11.1. The number of hydrogen-bond acceptors (Lipinski definition) is 4. The highest BCUT2D eigenvalue weighted by atomic mass is 32.1. The number of nitrogens with one attached hydrogen (secondary N) is 3. The molecule has 4 aromatic rings. The van der Waals surface area contributed by atoms with Crippen LogP contribution >= 0.6 is 11.3 Å². The second-order valence-corrected chi connectivity index (χ2v) is 8.13. The number of hydrogen-bond donors (Lipinski definition) is 3. The first-order valence-corrected chi connectivity index (χ1v) is 11.2. The Balaban J connectivity index is 1.43. The first-order chi connectivity index (χ1) is 15.7. The fourth-order valence-corrected chi connectivity index (χ4v) is 4.21. The van der Waals surface area contributed by atoms with E-state index in [1.807, 2.05) is 72.1 Å². The van der Waals surface area contributed by atoms with Gasteiger partial charge in [-0.1, -0.05) is 66.7 Å². The summed E-state index contributed by atoms with van der Waals surface area (Å²) in [6, 6.07) is 30.2. The van der Waals surface area contributed by atoms with Crippen molar-refractivity contribution in [2.75, 3.05) is 17.2 Å². The molecular formula is C26H23N3O2S. The number of anilines is 2. The molecule has 5 nitrogen and oxygen atoms in total. The lowest BCUT2D eigenvalue weighted by Gasteiger charge is -2.18. The molecule has 3 aromatic carbocycles. The summed E-state index contributed by atoms with van der Waals surface area (Å²) in [6.45, 7) is 0.103. The van der Waals surface area contributed by atoms with Crippen LogP contribution in [0.15, 0.2) is 102 Å². The van der Waals surface area contributed by atoms with E-state index in [2.05, 4.69) is 22.0 Å². The van der Waals surface area contributed by atoms with E-state index in [4.69, 9.17) is 0 Å². The topological polar surface area (TPSA) is 70.2 Å². The predicted molar refractivity (Wildman–Crippen MR) is 130 cm³/mol. The van der Waals surface area contributed by atoms with Gasteiger partial charge in [0, 0.05) is 10.6 Å². The highest BCUT2D eigenvalue weighted by Gasteiger charge is 2.17. The van der Waals surface area contributed by atoms with E-state index < -0.39 is 0 Å². The van der Waals surface area contributed by atoms with Gasteiger partial charge in [-0.2, -0.15) is 0 Å². The number of benzene rings is 3. The van der Waals surface area contributed by atoms with Crippen LogP contribution in [0.4, 0.5) is 11.4 Å². The van der Waals surface area contributed by atoms with Gasteiger partial charge in [-0.25, -0.2) is 0 Å². The van der Waals surface area contributed by atoms with Crippen molar-refractivity contribution in [1.82, 2.24) is 5.32 Å². The van der Waals surface area contributed by atoms with E-state index in [1.165, 1.54) is 0 Å². The van der Waals surface area contributed by atoms with Crippen molar-refractivity contribution in [3.63, 3.8) is 0 Å². The third-order valence-corrected chi connectivity index (χ3v) is 5.84. The molecule has 1 heterocycles. The number of carbonyl (C=O) groups excluding carboxylic acids is 2. The van der Waals surface area contributed by atoms with E-state index in [0.717, 1.165) is 10.4 Å². The third kappa shape index (κ3) is 5.49. The summed E-state index contributed by atoms with van der Waals surface area (Å²) in [4.78, 5) is 26.6. The van der Waals surface area contributed by atoms with Gasteiger partial charge >= 0.3 is 0 Å². The van der Waals surface area contributed by atoms with Crippen molar-refractivity contribution >= 4 is 34.5 Å². The van der Waals surface area contributed by atoms with Gasteiger partial charge in [0.15, 0.2) is 0 Å². The highest BCUT2D eigenvalue weighted by molar-refractivity contribution is 7.10. The van der Waals surface area contributed by atoms with Crippen LogP contribution in [-0.4, -0.2) is 18.4 Å². The van der Waals surface area contributed by atoms with E-state index in [0.29, 0.717) is 16.9 Å². The first-order valence-electron chi connectivity index (χ1n) is 10.3. The molecule has 0 bridgehead atoms. The van der Waals surface area contributed by atoms with Gasteiger partial charge in [-0.15, -0.1) is 11.3 Å². The maximum atomic E-state index is 12.7. The summed E-state index contributed by atoms with van der Waals surface area (Å²) in [6.07, 6.45) is 0. The van der Waals surface area contributed by atoms with Crippen LogP contribution in [0.3, 0.4) is 0 Å². The Morgan fingerprint density at radius 3 is 2.16 bits per heavy atom. The van der Waals surface area contributed by atoms with Crippen molar-refractivity contribution in [3.05, 3.63) is 118 Å². The molecule has 160 valence electrons. The lowest BCUT2D eigenvalue weighted by Crippen LogP contribution is -2.32.